The minimum atomic E-state index is -1.33. The number of anilines is 2. The number of nitrogens with zero attached hydrogens (tertiary/aromatic N) is 3. The molecular formula is C23H19ClN4O5. The molecule has 168 valence electrons. The van der Waals surface area contributed by atoms with Crippen molar-refractivity contribution in [2.24, 2.45) is 11.8 Å². The van der Waals surface area contributed by atoms with E-state index in [2.05, 4.69) is 5.32 Å². The fourth-order valence-corrected chi connectivity index (χ4v) is 6.72. The number of non-ortho nitro benzene ring substituents is 1. The van der Waals surface area contributed by atoms with E-state index in [-0.39, 0.29) is 23.3 Å². The van der Waals surface area contributed by atoms with Crippen LogP contribution in [0.1, 0.15) is 24.0 Å². The van der Waals surface area contributed by atoms with Crippen LogP contribution in [0.4, 0.5) is 17.1 Å². The third kappa shape index (κ3) is 2.38. The second-order valence-corrected chi connectivity index (χ2v) is 9.49. The van der Waals surface area contributed by atoms with Crippen LogP contribution in [0, 0.1) is 28.9 Å². The molecule has 4 atom stereocenters. The van der Waals surface area contributed by atoms with Crippen molar-refractivity contribution in [3.05, 3.63) is 62.7 Å². The van der Waals surface area contributed by atoms with E-state index in [0.717, 1.165) is 16.9 Å². The molecule has 1 spiro atoms. The van der Waals surface area contributed by atoms with Crippen LogP contribution in [0.5, 0.6) is 0 Å². The summed E-state index contributed by atoms with van der Waals surface area (Å²) in [5, 5.41) is 14.5. The normalized spacial score (nSPS) is 30.1. The van der Waals surface area contributed by atoms with E-state index < -0.39 is 34.1 Å². The number of halogens is 1. The van der Waals surface area contributed by atoms with Gasteiger partial charge in [0.2, 0.25) is 11.8 Å². The van der Waals surface area contributed by atoms with Gasteiger partial charge >= 0.3 is 0 Å². The molecule has 4 aliphatic heterocycles. The summed E-state index contributed by atoms with van der Waals surface area (Å²) < 4.78 is 0. The fraction of sp³-hybridized carbons (Fsp3) is 0.348. The molecule has 0 aromatic heterocycles. The van der Waals surface area contributed by atoms with Crippen LogP contribution in [-0.4, -0.2) is 40.1 Å². The summed E-state index contributed by atoms with van der Waals surface area (Å²) in [5.41, 5.74) is 0.551. The topological polar surface area (TPSA) is 113 Å². The number of nitrogens with one attached hydrogen (secondary N) is 1. The predicted octanol–water partition coefficient (Wildman–Crippen LogP) is 2.99. The Morgan fingerprint density at radius 3 is 2.73 bits per heavy atom. The van der Waals surface area contributed by atoms with Crippen molar-refractivity contribution in [3.63, 3.8) is 0 Å². The smallest absolute Gasteiger partial charge is 0.271 e. The zero-order chi connectivity index (χ0) is 23.2. The third-order valence-electron chi connectivity index (χ3n) is 7.50. The van der Waals surface area contributed by atoms with Crippen LogP contribution in [0.3, 0.4) is 0 Å². The summed E-state index contributed by atoms with van der Waals surface area (Å²) in [4.78, 5) is 55.0. The van der Waals surface area contributed by atoms with Crippen molar-refractivity contribution in [1.29, 1.82) is 0 Å². The number of imide groups is 1. The Balaban J connectivity index is 1.55. The zero-order valence-corrected chi connectivity index (χ0v) is 18.3. The van der Waals surface area contributed by atoms with Crippen LogP contribution < -0.4 is 10.2 Å². The number of carbonyl (C=O) groups is 3. The zero-order valence-electron chi connectivity index (χ0n) is 17.6. The lowest BCUT2D eigenvalue weighted by atomic mass is 9.75. The Kier molecular flexibility index (Phi) is 4.07. The monoisotopic (exact) mass is 466 g/mol. The van der Waals surface area contributed by atoms with Crippen molar-refractivity contribution in [2.75, 3.05) is 16.8 Å². The highest BCUT2D eigenvalue weighted by Crippen LogP contribution is 2.61. The van der Waals surface area contributed by atoms with Crippen LogP contribution in [0.25, 0.3) is 0 Å². The summed E-state index contributed by atoms with van der Waals surface area (Å²) in [6.45, 7) is 2.46. The van der Waals surface area contributed by atoms with E-state index >= 15 is 0 Å². The lowest BCUT2D eigenvalue weighted by Crippen LogP contribution is -2.54. The van der Waals surface area contributed by atoms with Gasteiger partial charge in [-0.3, -0.25) is 29.4 Å². The van der Waals surface area contributed by atoms with E-state index in [0.29, 0.717) is 29.2 Å². The van der Waals surface area contributed by atoms with Gasteiger partial charge in [0, 0.05) is 23.7 Å². The van der Waals surface area contributed by atoms with Crippen molar-refractivity contribution in [2.45, 2.75) is 31.3 Å². The third-order valence-corrected chi connectivity index (χ3v) is 7.79. The quantitative estimate of drug-likeness (QED) is 0.413. The molecule has 9 nitrogen and oxygen atoms in total. The van der Waals surface area contributed by atoms with Gasteiger partial charge in [-0.15, -0.1) is 0 Å². The van der Waals surface area contributed by atoms with E-state index in [1.807, 2.05) is 17.9 Å². The Bertz CT molecular complexity index is 1300. The second kappa shape index (κ2) is 6.61. The van der Waals surface area contributed by atoms with Crippen LogP contribution >= 0.6 is 11.6 Å². The van der Waals surface area contributed by atoms with Crippen molar-refractivity contribution in [3.8, 4) is 0 Å². The van der Waals surface area contributed by atoms with E-state index in [1.54, 1.807) is 6.07 Å². The summed E-state index contributed by atoms with van der Waals surface area (Å²) in [6.07, 6.45) is 1.49. The largest absolute Gasteiger partial charge is 0.323 e. The highest BCUT2D eigenvalue weighted by atomic mass is 35.5. The first-order valence-electron chi connectivity index (χ1n) is 10.8. The van der Waals surface area contributed by atoms with Gasteiger partial charge in [-0.25, -0.2) is 4.90 Å². The predicted molar refractivity (Wildman–Crippen MR) is 119 cm³/mol. The average Bonchev–Trinajstić information content (AvgIpc) is 3.47. The summed E-state index contributed by atoms with van der Waals surface area (Å²) in [7, 11) is 0. The minimum Gasteiger partial charge on any atom is -0.323 e. The number of rotatable bonds is 2. The molecule has 0 radical (unpaired) electrons. The SMILES string of the molecule is Cc1cc(Cl)c2c(c1)[C@]1(C(=O)N2)[C@@H]2C(=O)N(c3cccc([N+](=O)[O-])c3)C(=O)[C@H]2[C@@H]2CCCN21. The molecule has 2 aromatic rings. The molecule has 3 fully saturated rings. The molecule has 6 rings (SSSR count). The van der Waals surface area contributed by atoms with E-state index in [9.17, 15) is 24.5 Å². The van der Waals surface area contributed by atoms with Crippen LogP contribution in [0.15, 0.2) is 36.4 Å². The summed E-state index contributed by atoms with van der Waals surface area (Å²) in [6, 6.07) is 8.83. The summed E-state index contributed by atoms with van der Waals surface area (Å²) >= 11 is 6.47. The highest BCUT2D eigenvalue weighted by Gasteiger charge is 2.74. The van der Waals surface area contributed by atoms with Crippen LogP contribution in [0.2, 0.25) is 5.02 Å². The maximum Gasteiger partial charge on any atom is 0.271 e. The van der Waals surface area contributed by atoms with Crippen molar-refractivity contribution < 1.29 is 19.3 Å². The number of amides is 3. The lowest BCUT2D eigenvalue weighted by Gasteiger charge is -2.36. The van der Waals surface area contributed by atoms with Gasteiger partial charge in [-0.2, -0.15) is 0 Å². The molecule has 4 aliphatic rings. The lowest BCUT2D eigenvalue weighted by molar-refractivity contribution is -0.384. The van der Waals surface area contributed by atoms with Gasteiger partial charge < -0.3 is 5.32 Å². The Morgan fingerprint density at radius 1 is 1.18 bits per heavy atom. The van der Waals surface area contributed by atoms with E-state index in [4.69, 9.17) is 11.6 Å². The maximum absolute atomic E-state index is 13.9. The number of nitro groups is 1. The number of carbonyl (C=O) groups excluding carboxylic acids is 3. The number of benzene rings is 2. The molecule has 10 heteroatoms. The maximum atomic E-state index is 13.9. The van der Waals surface area contributed by atoms with Gasteiger partial charge in [0.25, 0.3) is 11.6 Å². The molecular weight excluding hydrogens is 448 g/mol. The van der Waals surface area contributed by atoms with Crippen molar-refractivity contribution >= 4 is 46.4 Å². The van der Waals surface area contributed by atoms with Gasteiger partial charge in [0.15, 0.2) is 0 Å². The van der Waals surface area contributed by atoms with Gasteiger partial charge in [0.05, 0.1) is 33.2 Å². The fourth-order valence-electron chi connectivity index (χ4n) is 6.40. The Morgan fingerprint density at radius 2 is 1.97 bits per heavy atom. The number of fused-ring (bicyclic) bond motifs is 7. The molecule has 2 aromatic carbocycles. The van der Waals surface area contributed by atoms with Gasteiger partial charge in [0.1, 0.15) is 5.54 Å². The number of hydrogen-bond donors (Lipinski definition) is 1. The molecule has 0 bridgehead atoms. The Labute approximate surface area is 193 Å². The van der Waals surface area contributed by atoms with Gasteiger partial charge in [-0.05, 0) is 44.0 Å². The molecule has 1 N–H and O–H groups in total. The number of nitro benzene ring substituents is 1. The highest BCUT2D eigenvalue weighted by molar-refractivity contribution is 6.35. The number of hydrogen-bond acceptors (Lipinski definition) is 6. The molecule has 0 aliphatic carbocycles. The Hall–Kier alpha value is -3.30. The summed E-state index contributed by atoms with van der Waals surface area (Å²) in [5.74, 6) is -2.94. The average molecular weight is 467 g/mol. The van der Waals surface area contributed by atoms with E-state index in [1.165, 1.54) is 24.3 Å². The van der Waals surface area contributed by atoms with Crippen molar-refractivity contribution in [1.82, 2.24) is 4.90 Å². The van der Waals surface area contributed by atoms with Crippen LogP contribution in [-0.2, 0) is 19.9 Å². The molecule has 0 saturated carbocycles. The molecule has 3 amide bonds. The first-order valence-corrected chi connectivity index (χ1v) is 11.2. The molecule has 0 unspecified atom stereocenters. The first kappa shape index (κ1) is 20.3. The van der Waals surface area contributed by atoms with Gasteiger partial charge in [-0.1, -0.05) is 23.7 Å². The second-order valence-electron chi connectivity index (χ2n) is 9.09. The standard InChI is InChI=1S/C23H19ClN4O5/c1-11-8-14-19(15(24)9-11)25-22(31)23(14)18-17(16-6-3-7-26(16)23)20(29)27(21(18)30)12-4-2-5-13(10-12)28(32)33/h2,4-5,8-10,16-18H,3,6-7H2,1H3,(H,25,31)/t16-,17-,18-,23+/m0/s1. The minimum absolute atomic E-state index is 0.147. The molecule has 33 heavy (non-hydrogen) atoms. The molecule has 3 saturated heterocycles. The first-order chi connectivity index (χ1) is 15.8. The molecule has 4 heterocycles. The number of aryl methyl sites for hydroxylation is 1.